The molecule has 1 amide bonds. The molecular formula is C21H21ClN6O. The van der Waals surface area contributed by atoms with Crippen LogP contribution in [0.15, 0.2) is 36.5 Å². The molecule has 1 aromatic carbocycles. The summed E-state index contributed by atoms with van der Waals surface area (Å²) < 4.78 is 0. The van der Waals surface area contributed by atoms with Crippen molar-refractivity contribution in [2.45, 2.75) is 19.8 Å². The summed E-state index contributed by atoms with van der Waals surface area (Å²) in [6.07, 6.45) is 3.73. The Labute approximate surface area is 173 Å². The van der Waals surface area contributed by atoms with Crippen molar-refractivity contribution in [2.75, 3.05) is 24.6 Å². The first-order chi connectivity index (χ1) is 13.9. The number of aromatic nitrogens is 3. The SMILES string of the molecule is Cc1nc(N)nc(-c2ccc(C(=O)N3CCCC3)c(Cl)c2)c1-c1ccc(N)nc1. The van der Waals surface area contributed by atoms with Crippen LogP contribution in [0.4, 0.5) is 11.8 Å². The molecule has 148 valence electrons. The average Bonchev–Trinajstić information content (AvgIpc) is 3.23. The van der Waals surface area contributed by atoms with Crippen LogP contribution in [-0.4, -0.2) is 38.8 Å². The van der Waals surface area contributed by atoms with E-state index in [1.54, 1.807) is 24.4 Å². The van der Waals surface area contributed by atoms with Gasteiger partial charge in [-0.25, -0.2) is 15.0 Å². The van der Waals surface area contributed by atoms with Crippen molar-refractivity contribution in [3.63, 3.8) is 0 Å². The summed E-state index contributed by atoms with van der Waals surface area (Å²) in [7, 11) is 0. The Morgan fingerprint density at radius 3 is 2.45 bits per heavy atom. The summed E-state index contributed by atoms with van der Waals surface area (Å²) in [5.74, 6) is 0.551. The minimum atomic E-state index is -0.0413. The lowest BCUT2D eigenvalue weighted by Gasteiger charge is -2.17. The predicted molar refractivity (Wildman–Crippen MR) is 114 cm³/mol. The molecule has 1 fully saturated rings. The van der Waals surface area contributed by atoms with Crippen molar-refractivity contribution in [1.29, 1.82) is 0 Å². The van der Waals surface area contributed by atoms with Crippen molar-refractivity contribution in [3.8, 4) is 22.4 Å². The first kappa shape index (κ1) is 19.1. The highest BCUT2D eigenvalue weighted by molar-refractivity contribution is 6.34. The van der Waals surface area contributed by atoms with E-state index in [0.29, 0.717) is 27.8 Å². The number of hydrogen-bond acceptors (Lipinski definition) is 6. The zero-order valence-corrected chi connectivity index (χ0v) is 16.8. The highest BCUT2D eigenvalue weighted by atomic mass is 35.5. The van der Waals surface area contributed by atoms with Crippen molar-refractivity contribution >= 4 is 29.3 Å². The van der Waals surface area contributed by atoms with E-state index < -0.39 is 0 Å². The van der Waals surface area contributed by atoms with Gasteiger partial charge in [0, 0.05) is 36.0 Å². The molecule has 3 aromatic rings. The van der Waals surface area contributed by atoms with E-state index in [2.05, 4.69) is 15.0 Å². The smallest absolute Gasteiger partial charge is 0.255 e. The van der Waals surface area contributed by atoms with Crippen molar-refractivity contribution in [3.05, 3.63) is 52.8 Å². The van der Waals surface area contributed by atoms with Gasteiger partial charge in [0.2, 0.25) is 5.95 Å². The van der Waals surface area contributed by atoms with Gasteiger partial charge in [-0.1, -0.05) is 17.7 Å². The fraction of sp³-hybridized carbons (Fsp3) is 0.238. The Hall–Kier alpha value is -3.19. The largest absolute Gasteiger partial charge is 0.384 e. The standard InChI is InChI=1S/C21H21ClN6O/c1-12-18(14-5-7-17(23)25-11-14)19(27-21(24)26-12)13-4-6-15(16(22)10-13)20(29)28-8-2-3-9-28/h4-7,10-11H,2-3,8-9H2,1H3,(H2,23,25)(H2,24,26,27). The van der Waals surface area contributed by atoms with Gasteiger partial charge in [0.15, 0.2) is 0 Å². The Morgan fingerprint density at radius 2 is 1.79 bits per heavy atom. The second-order valence-corrected chi connectivity index (χ2v) is 7.46. The number of nitrogens with two attached hydrogens (primary N) is 2. The third kappa shape index (κ3) is 3.73. The van der Waals surface area contributed by atoms with Crippen molar-refractivity contribution < 1.29 is 4.79 Å². The monoisotopic (exact) mass is 408 g/mol. The molecule has 0 aliphatic carbocycles. The Bertz CT molecular complexity index is 1080. The van der Waals surface area contributed by atoms with Crippen molar-refractivity contribution in [1.82, 2.24) is 19.9 Å². The molecule has 0 radical (unpaired) electrons. The van der Waals surface area contributed by atoms with Crippen LogP contribution < -0.4 is 11.5 Å². The lowest BCUT2D eigenvalue weighted by molar-refractivity contribution is 0.0793. The Balaban J connectivity index is 1.79. The highest BCUT2D eigenvalue weighted by Crippen LogP contribution is 2.35. The molecule has 1 aliphatic rings. The number of hydrogen-bond donors (Lipinski definition) is 2. The van der Waals surface area contributed by atoms with Gasteiger partial charge in [-0.2, -0.15) is 0 Å². The second kappa shape index (κ2) is 7.67. The number of anilines is 2. The zero-order chi connectivity index (χ0) is 20.5. The maximum absolute atomic E-state index is 12.7. The number of carbonyl (C=O) groups is 1. The first-order valence-electron chi connectivity index (χ1n) is 9.39. The van der Waals surface area contributed by atoms with Crippen LogP contribution in [0, 0.1) is 6.92 Å². The number of halogens is 1. The van der Waals surface area contributed by atoms with Gasteiger partial charge in [0.1, 0.15) is 5.82 Å². The van der Waals surface area contributed by atoms with Gasteiger partial charge < -0.3 is 16.4 Å². The molecule has 0 atom stereocenters. The molecule has 0 bridgehead atoms. The molecule has 8 heteroatoms. The fourth-order valence-corrected chi connectivity index (χ4v) is 3.89. The van der Waals surface area contributed by atoms with Crippen LogP contribution >= 0.6 is 11.6 Å². The van der Waals surface area contributed by atoms with Crippen LogP contribution in [0.5, 0.6) is 0 Å². The summed E-state index contributed by atoms with van der Waals surface area (Å²) in [5.41, 5.74) is 15.8. The number of likely N-dealkylation sites (tertiary alicyclic amines) is 1. The number of carbonyl (C=O) groups excluding carboxylic acids is 1. The van der Waals surface area contributed by atoms with E-state index >= 15 is 0 Å². The number of rotatable bonds is 3. The molecule has 2 aromatic heterocycles. The number of benzene rings is 1. The molecular weight excluding hydrogens is 388 g/mol. The van der Waals surface area contributed by atoms with Gasteiger partial charge >= 0.3 is 0 Å². The van der Waals surface area contributed by atoms with Gasteiger partial charge in [0.05, 0.1) is 22.0 Å². The van der Waals surface area contributed by atoms with E-state index in [9.17, 15) is 4.79 Å². The number of nitrogen functional groups attached to an aromatic ring is 2. The molecule has 1 aliphatic heterocycles. The topological polar surface area (TPSA) is 111 Å². The molecule has 4 rings (SSSR count). The second-order valence-electron chi connectivity index (χ2n) is 7.06. The van der Waals surface area contributed by atoms with E-state index in [1.165, 1.54) is 0 Å². The molecule has 7 nitrogen and oxygen atoms in total. The molecule has 1 saturated heterocycles. The Kier molecular flexibility index (Phi) is 5.07. The van der Waals surface area contributed by atoms with Crippen LogP contribution in [0.3, 0.4) is 0 Å². The third-order valence-electron chi connectivity index (χ3n) is 5.05. The van der Waals surface area contributed by atoms with Crippen LogP contribution in [0.2, 0.25) is 5.02 Å². The first-order valence-corrected chi connectivity index (χ1v) is 9.77. The summed E-state index contributed by atoms with van der Waals surface area (Å²) in [6.45, 7) is 3.40. The Morgan fingerprint density at radius 1 is 1.07 bits per heavy atom. The number of pyridine rings is 1. The molecule has 0 unspecified atom stereocenters. The van der Waals surface area contributed by atoms with E-state index in [1.807, 2.05) is 24.0 Å². The summed E-state index contributed by atoms with van der Waals surface area (Å²) >= 11 is 6.50. The van der Waals surface area contributed by atoms with Crippen LogP contribution in [0.1, 0.15) is 28.9 Å². The van der Waals surface area contributed by atoms with Gasteiger partial charge in [-0.05, 0) is 44.0 Å². The predicted octanol–water partition coefficient (Wildman–Crippen LogP) is 3.57. The molecule has 0 saturated carbocycles. The minimum Gasteiger partial charge on any atom is -0.384 e. The molecule has 3 heterocycles. The van der Waals surface area contributed by atoms with E-state index in [-0.39, 0.29) is 11.9 Å². The summed E-state index contributed by atoms with van der Waals surface area (Å²) in [5, 5.41) is 0.385. The summed E-state index contributed by atoms with van der Waals surface area (Å²) in [4.78, 5) is 27.5. The summed E-state index contributed by atoms with van der Waals surface area (Å²) in [6, 6.07) is 8.92. The molecule has 29 heavy (non-hydrogen) atoms. The van der Waals surface area contributed by atoms with E-state index in [0.717, 1.165) is 42.6 Å². The third-order valence-corrected chi connectivity index (χ3v) is 5.36. The van der Waals surface area contributed by atoms with Crippen molar-refractivity contribution in [2.24, 2.45) is 0 Å². The van der Waals surface area contributed by atoms with Gasteiger partial charge in [-0.3, -0.25) is 4.79 Å². The number of aryl methyl sites for hydroxylation is 1. The highest BCUT2D eigenvalue weighted by Gasteiger charge is 2.23. The minimum absolute atomic E-state index is 0.0413. The quantitative estimate of drug-likeness (QED) is 0.685. The maximum atomic E-state index is 12.7. The van der Waals surface area contributed by atoms with Crippen LogP contribution in [-0.2, 0) is 0 Å². The van der Waals surface area contributed by atoms with Crippen LogP contribution in [0.25, 0.3) is 22.4 Å². The number of nitrogens with zero attached hydrogens (tertiary/aromatic N) is 4. The van der Waals surface area contributed by atoms with Gasteiger partial charge in [0.25, 0.3) is 5.91 Å². The molecule has 0 spiro atoms. The average molecular weight is 409 g/mol. The normalized spacial score (nSPS) is 13.7. The fourth-order valence-electron chi connectivity index (χ4n) is 3.63. The zero-order valence-electron chi connectivity index (χ0n) is 16.0. The van der Waals surface area contributed by atoms with Gasteiger partial charge in [-0.15, -0.1) is 0 Å². The molecule has 4 N–H and O–H groups in total. The lowest BCUT2D eigenvalue weighted by atomic mass is 9.98. The number of amides is 1. The van der Waals surface area contributed by atoms with E-state index in [4.69, 9.17) is 23.1 Å². The lowest BCUT2D eigenvalue weighted by Crippen LogP contribution is -2.27. The maximum Gasteiger partial charge on any atom is 0.255 e.